The highest BCUT2D eigenvalue weighted by Gasteiger charge is 2.06. The van der Waals surface area contributed by atoms with Crippen molar-refractivity contribution in [1.82, 2.24) is 0 Å². The third-order valence-corrected chi connectivity index (χ3v) is 3.11. The van der Waals surface area contributed by atoms with Crippen LogP contribution in [-0.2, 0) is 0 Å². The summed E-state index contributed by atoms with van der Waals surface area (Å²) in [7, 11) is 0. The van der Waals surface area contributed by atoms with Gasteiger partial charge in [0.15, 0.2) is 0 Å². The standard InChI is InChI=1S/C15H26N2/c1-4-11-17(12-5-2)14-9-7-13(8-10-14)15(16)6-3/h7-10,15H,4-6,11-12,16H2,1-3H3/t15-/m1/s1. The minimum atomic E-state index is 0.176. The summed E-state index contributed by atoms with van der Waals surface area (Å²) in [4.78, 5) is 2.45. The summed E-state index contributed by atoms with van der Waals surface area (Å²) in [6, 6.07) is 8.92. The van der Waals surface area contributed by atoms with E-state index in [9.17, 15) is 0 Å². The quantitative estimate of drug-likeness (QED) is 0.779. The van der Waals surface area contributed by atoms with Gasteiger partial charge in [0.2, 0.25) is 0 Å². The molecular weight excluding hydrogens is 208 g/mol. The molecule has 96 valence electrons. The lowest BCUT2D eigenvalue weighted by atomic mass is 10.0. The van der Waals surface area contributed by atoms with Gasteiger partial charge in [-0.15, -0.1) is 0 Å². The van der Waals surface area contributed by atoms with Crippen LogP contribution >= 0.6 is 0 Å². The normalized spacial score (nSPS) is 12.5. The zero-order valence-electron chi connectivity index (χ0n) is 11.4. The summed E-state index contributed by atoms with van der Waals surface area (Å²) in [5, 5.41) is 0. The number of hydrogen-bond donors (Lipinski definition) is 1. The number of nitrogens with two attached hydrogens (primary N) is 1. The van der Waals surface area contributed by atoms with E-state index in [1.54, 1.807) is 0 Å². The van der Waals surface area contributed by atoms with Crippen molar-refractivity contribution in [2.45, 2.75) is 46.1 Å². The Bertz CT molecular complexity index is 299. The molecule has 1 aromatic carbocycles. The maximum Gasteiger partial charge on any atom is 0.0366 e. The van der Waals surface area contributed by atoms with Crippen molar-refractivity contribution in [3.8, 4) is 0 Å². The Balaban J connectivity index is 2.76. The van der Waals surface area contributed by atoms with Crippen molar-refractivity contribution in [3.05, 3.63) is 29.8 Å². The number of benzene rings is 1. The molecule has 0 aliphatic carbocycles. The summed E-state index contributed by atoms with van der Waals surface area (Å²) in [5.74, 6) is 0. The first-order chi connectivity index (χ1) is 8.22. The third kappa shape index (κ3) is 4.04. The van der Waals surface area contributed by atoms with Crippen molar-refractivity contribution < 1.29 is 0 Å². The minimum absolute atomic E-state index is 0.176. The lowest BCUT2D eigenvalue weighted by molar-refractivity contribution is 0.697. The molecule has 0 aliphatic rings. The van der Waals surface area contributed by atoms with Crippen LogP contribution in [0.4, 0.5) is 5.69 Å². The molecule has 0 amide bonds. The van der Waals surface area contributed by atoms with Crippen LogP contribution < -0.4 is 10.6 Å². The molecule has 0 fully saturated rings. The highest BCUT2D eigenvalue weighted by atomic mass is 15.1. The molecule has 0 radical (unpaired) electrons. The molecule has 2 N–H and O–H groups in total. The Labute approximate surface area is 106 Å². The number of nitrogens with zero attached hydrogens (tertiary/aromatic N) is 1. The van der Waals surface area contributed by atoms with Crippen LogP contribution in [0.2, 0.25) is 0 Å². The minimum Gasteiger partial charge on any atom is -0.372 e. The molecule has 0 saturated heterocycles. The second-order valence-corrected chi connectivity index (χ2v) is 4.59. The van der Waals surface area contributed by atoms with Gasteiger partial charge in [0, 0.05) is 24.8 Å². The Morgan fingerprint density at radius 3 is 1.94 bits per heavy atom. The molecular formula is C15H26N2. The molecule has 0 bridgehead atoms. The SMILES string of the molecule is CCCN(CCC)c1ccc([C@H](N)CC)cc1. The second kappa shape index (κ2) is 7.33. The average Bonchev–Trinajstić information content (AvgIpc) is 2.38. The van der Waals surface area contributed by atoms with Crippen LogP contribution in [0.25, 0.3) is 0 Å². The predicted molar refractivity (Wildman–Crippen MR) is 76.5 cm³/mol. The summed E-state index contributed by atoms with van der Waals surface area (Å²) in [6.07, 6.45) is 3.37. The predicted octanol–water partition coefficient (Wildman–Crippen LogP) is 3.72. The Morgan fingerprint density at radius 1 is 1.00 bits per heavy atom. The van der Waals surface area contributed by atoms with E-state index < -0.39 is 0 Å². The van der Waals surface area contributed by atoms with Gasteiger partial charge in [-0.05, 0) is 37.0 Å². The zero-order valence-corrected chi connectivity index (χ0v) is 11.4. The molecule has 0 aromatic heterocycles. The van der Waals surface area contributed by atoms with Crippen molar-refractivity contribution in [2.75, 3.05) is 18.0 Å². The molecule has 0 saturated carbocycles. The molecule has 1 rings (SSSR count). The van der Waals surface area contributed by atoms with Gasteiger partial charge in [0.25, 0.3) is 0 Å². The van der Waals surface area contributed by atoms with Gasteiger partial charge in [0.1, 0.15) is 0 Å². The lowest BCUT2D eigenvalue weighted by Gasteiger charge is -2.24. The Kier molecular flexibility index (Phi) is 6.06. The number of anilines is 1. The largest absolute Gasteiger partial charge is 0.372 e. The zero-order chi connectivity index (χ0) is 12.7. The first-order valence-electron chi connectivity index (χ1n) is 6.83. The smallest absolute Gasteiger partial charge is 0.0366 e. The summed E-state index contributed by atoms with van der Waals surface area (Å²) in [5.41, 5.74) is 8.58. The highest BCUT2D eigenvalue weighted by Crippen LogP contribution is 2.20. The summed E-state index contributed by atoms with van der Waals surface area (Å²) in [6.45, 7) is 8.84. The van der Waals surface area contributed by atoms with Gasteiger partial charge >= 0.3 is 0 Å². The first-order valence-corrected chi connectivity index (χ1v) is 6.83. The van der Waals surface area contributed by atoms with Crippen LogP contribution in [0.5, 0.6) is 0 Å². The topological polar surface area (TPSA) is 29.3 Å². The van der Waals surface area contributed by atoms with E-state index >= 15 is 0 Å². The summed E-state index contributed by atoms with van der Waals surface area (Å²) < 4.78 is 0. The second-order valence-electron chi connectivity index (χ2n) is 4.59. The molecule has 2 nitrogen and oxygen atoms in total. The van der Waals surface area contributed by atoms with E-state index in [0.717, 1.165) is 19.5 Å². The van der Waals surface area contributed by atoms with Gasteiger partial charge < -0.3 is 10.6 Å². The highest BCUT2D eigenvalue weighted by molar-refractivity contribution is 5.48. The van der Waals surface area contributed by atoms with E-state index in [2.05, 4.69) is 49.9 Å². The van der Waals surface area contributed by atoms with Crippen molar-refractivity contribution in [2.24, 2.45) is 5.73 Å². The van der Waals surface area contributed by atoms with Crippen molar-refractivity contribution in [1.29, 1.82) is 0 Å². The van der Waals surface area contributed by atoms with E-state index in [4.69, 9.17) is 5.73 Å². The van der Waals surface area contributed by atoms with Crippen molar-refractivity contribution >= 4 is 5.69 Å². The fourth-order valence-electron chi connectivity index (χ4n) is 2.08. The van der Waals surface area contributed by atoms with Crippen molar-refractivity contribution in [3.63, 3.8) is 0 Å². The van der Waals surface area contributed by atoms with Crippen LogP contribution in [0.15, 0.2) is 24.3 Å². The molecule has 0 unspecified atom stereocenters. The van der Waals surface area contributed by atoms with Gasteiger partial charge in [-0.1, -0.05) is 32.9 Å². The van der Waals surface area contributed by atoms with Crippen LogP contribution in [0.1, 0.15) is 51.6 Å². The molecule has 0 spiro atoms. The molecule has 17 heavy (non-hydrogen) atoms. The molecule has 0 aliphatic heterocycles. The average molecular weight is 234 g/mol. The van der Waals surface area contributed by atoms with Crippen LogP contribution in [0, 0.1) is 0 Å². The van der Waals surface area contributed by atoms with Gasteiger partial charge in [-0.3, -0.25) is 0 Å². The molecule has 0 heterocycles. The summed E-state index contributed by atoms with van der Waals surface area (Å²) >= 11 is 0. The molecule has 2 heteroatoms. The maximum absolute atomic E-state index is 6.02. The van der Waals surface area contributed by atoms with Gasteiger partial charge in [-0.25, -0.2) is 0 Å². The van der Waals surface area contributed by atoms with Gasteiger partial charge in [-0.2, -0.15) is 0 Å². The van der Waals surface area contributed by atoms with E-state index in [0.29, 0.717) is 0 Å². The van der Waals surface area contributed by atoms with E-state index in [1.165, 1.54) is 24.1 Å². The number of hydrogen-bond acceptors (Lipinski definition) is 2. The third-order valence-electron chi connectivity index (χ3n) is 3.11. The number of rotatable bonds is 7. The Morgan fingerprint density at radius 2 is 1.53 bits per heavy atom. The maximum atomic E-state index is 6.02. The first kappa shape index (κ1) is 14.0. The van der Waals surface area contributed by atoms with Crippen LogP contribution in [-0.4, -0.2) is 13.1 Å². The Hall–Kier alpha value is -1.02. The fraction of sp³-hybridized carbons (Fsp3) is 0.600. The van der Waals surface area contributed by atoms with E-state index in [-0.39, 0.29) is 6.04 Å². The van der Waals surface area contributed by atoms with Crippen LogP contribution in [0.3, 0.4) is 0 Å². The molecule has 1 atom stereocenters. The van der Waals surface area contributed by atoms with E-state index in [1.807, 2.05) is 0 Å². The monoisotopic (exact) mass is 234 g/mol. The fourth-order valence-corrected chi connectivity index (χ4v) is 2.08. The van der Waals surface area contributed by atoms with Gasteiger partial charge in [0.05, 0.1) is 0 Å². The lowest BCUT2D eigenvalue weighted by Crippen LogP contribution is -2.24. The molecule has 1 aromatic rings.